The van der Waals surface area contributed by atoms with Crippen molar-refractivity contribution in [2.75, 3.05) is 0 Å². The van der Waals surface area contributed by atoms with E-state index in [2.05, 4.69) is 0 Å². The minimum absolute atomic E-state index is 0.0984. The van der Waals surface area contributed by atoms with E-state index in [-0.39, 0.29) is 17.7 Å². The van der Waals surface area contributed by atoms with Crippen LogP contribution in [0.15, 0.2) is 42.5 Å². The third-order valence-electron chi connectivity index (χ3n) is 4.31. The molecule has 0 fully saturated rings. The lowest BCUT2D eigenvalue weighted by molar-refractivity contribution is -0.136. The number of benzene rings is 2. The van der Waals surface area contributed by atoms with Gasteiger partial charge in [0.2, 0.25) is 0 Å². The number of aromatic carboxylic acids is 1. The van der Waals surface area contributed by atoms with E-state index < -0.39 is 11.9 Å². The third kappa shape index (κ3) is 3.06. The lowest BCUT2D eigenvalue weighted by Crippen LogP contribution is -2.05. The van der Waals surface area contributed by atoms with Crippen LogP contribution < -0.4 is 0 Å². The van der Waals surface area contributed by atoms with Crippen molar-refractivity contribution >= 4 is 22.8 Å². The molecule has 3 rings (SSSR count). The average Bonchev–Trinajstić information content (AvgIpc) is 2.82. The summed E-state index contributed by atoms with van der Waals surface area (Å²) in [6.45, 7) is 2.25. The number of fused-ring (bicyclic) bond motifs is 1. The Hall–Kier alpha value is -3.28. The summed E-state index contributed by atoms with van der Waals surface area (Å²) >= 11 is 0. The van der Waals surface area contributed by atoms with Crippen molar-refractivity contribution in [1.29, 1.82) is 0 Å². The number of aromatic hydroxyl groups is 1. The summed E-state index contributed by atoms with van der Waals surface area (Å²) < 4.78 is 1.91. The second kappa shape index (κ2) is 6.32. The Morgan fingerprint density at radius 1 is 1.04 bits per heavy atom. The standard InChI is InChI=1S/C19H17NO5/c1-11-15(9-17(22)23)18-14(19(24)25)3-2-4-16(18)20(11)10-12-5-7-13(21)8-6-12/h2-8,21H,9-10H2,1H3,(H,22,23)(H,24,25). The van der Waals surface area contributed by atoms with Gasteiger partial charge in [0.15, 0.2) is 0 Å². The molecule has 6 heteroatoms. The van der Waals surface area contributed by atoms with Crippen molar-refractivity contribution < 1.29 is 24.9 Å². The second-order valence-corrected chi connectivity index (χ2v) is 5.89. The van der Waals surface area contributed by atoms with Crippen molar-refractivity contribution in [3.8, 4) is 5.75 Å². The molecule has 0 amide bonds. The highest BCUT2D eigenvalue weighted by Crippen LogP contribution is 2.30. The van der Waals surface area contributed by atoms with E-state index in [1.165, 1.54) is 6.07 Å². The second-order valence-electron chi connectivity index (χ2n) is 5.89. The molecule has 0 atom stereocenters. The van der Waals surface area contributed by atoms with E-state index in [0.717, 1.165) is 11.3 Å². The van der Waals surface area contributed by atoms with Gasteiger partial charge in [-0.3, -0.25) is 4.79 Å². The van der Waals surface area contributed by atoms with Crippen molar-refractivity contribution in [2.45, 2.75) is 19.9 Å². The van der Waals surface area contributed by atoms with Gasteiger partial charge in [-0.25, -0.2) is 4.79 Å². The van der Waals surface area contributed by atoms with Crippen LogP contribution in [-0.2, 0) is 17.8 Å². The van der Waals surface area contributed by atoms with Crippen molar-refractivity contribution in [3.63, 3.8) is 0 Å². The number of nitrogens with zero attached hydrogens (tertiary/aromatic N) is 1. The first-order chi connectivity index (χ1) is 11.9. The third-order valence-corrected chi connectivity index (χ3v) is 4.31. The number of carboxylic acid groups (broad SMARTS) is 2. The Bertz CT molecular complexity index is 970. The van der Waals surface area contributed by atoms with Gasteiger partial charge in [-0.2, -0.15) is 0 Å². The Kier molecular flexibility index (Phi) is 4.19. The number of carbonyl (C=O) groups is 2. The van der Waals surface area contributed by atoms with E-state index in [4.69, 9.17) is 0 Å². The number of hydrogen-bond acceptors (Lipinski definition) is 3. The van der Waals surface area contributed by atoms with Gasteiger partial charge in [0.1, 0.15) is 5.75 Å². The summed E-state index contributed by atoms with van der Waals surface area (Å²) in [6.07, 6.45) is -0.241. The molecule has 0 radical (unpaired) electrons. The normalized spacial score (nSPS) is 10.9. The highest BCUT2D eigenvalue weighted by molar-refractivity contribution is 6.06. The first-order valence-corrected chi connectivity index (χ1v) is 7.72. The first kappa shape index (κ1) is 16.6. The molecule has 0 saturated carbocycles. The molecule has 2 aromatic carbocycles. The predicted octanol–water partition coefficient (Wildman–Crippen LogP) is 3.03. The number of phenols is 1. The maximum Gasteiger partial charge on any atom is 0.336 e. The van der Waals surface area contributed by atoms with Gasteiger partial charge in [-0.15, -0.1) is 0 Å². The van der Waals surface area contributed by atoms with Crippen LogP contribution in [0.25, 0.3) is 10.9 Å². The largest absolute Gasteiger partial charge is 0.508 e. The molecule has 0 aliphatic heterocycles. The van der Waals surface area contributed by atoms with Crippen LogP contribution in [0.1, 0.15) is 27.2 Å². The summed E-state index contributed by atoms with van der Waals surface area (Å²) in [4.78, 5) is 22.9. The van der Waals surface area contributed by atoms with Gasteiger partial charge in [-0.1, -0.05) is 18.2 Å². The van der Waals surface area contributed by atoms with Crippen LogP contribution in [0.2, 0.25) is 0 Å². The van der Waals surface area contributed by atoms with Gasteiger partial charge in [0.25, 0.3) is 0 Å². The fraction of sp³-hybridized carbons (Fsp3) is 0.158. The first-order valence-electron chi connectivity index (χ1n) is 7.72. The van der Waals surface area contributed by atoms with E-state index in [0.29, 0.717) is 23.0 Å². The monoisotopic (exact) mass is 339 g/mol. The summed E-state index contributed by atoms with van der Waals surface area (Å²) in [6, 6.07) is 11.6. The minimum Gasteiger partial charge on any atom is -0.508 e. The molecular weight excluding hydrogens is 322 g/mol. The molecule has 0 saturated heterocycles. The molecule has 3 aromatic rings. The number of hydrogen-bond donors (Lipinski definition) is 3. The SMILES string of the molecule is Cc1c(CC(=O)O)c2c(C(=O)O)cccc2n1Cc1ccc(O)cc1. The molecule has 3 N–H and O–H groups in total. The summed E-state index contributed by atoms with van der Waals surface area (Å²) in [7, 11) is 0. The lowest BCUT2D eigenvalue weighted by atomic mass is 10.0. The van der Waals surface area contributed by atoms with Gasteiger partial charge in [-0.05, 0) is 42.3 Å². The Morgan fingerprint density at radius 2 is 1.72 bits per heavy atom. The van der Waals surface area contributed by atoms with Crippen molar-refractivity contribution in [3.05, 3.63) is 64.8 Å². The number of rotatable bonds is 5. The smallest absolute Gasteiger partial charge is 0.336 e. The molecule has 1 aromatic heterocycles. The van der Waals surface area contributed by atoms with E-state index in [1.807, 2.05) is 4.57 Å². The molecule has 0 spiro atoms. The molecule has 25 heavy (non-hydrogen) atoms. The number of aromatic nitrogens is 1. The van der Waals surface area contributed by atoms with Crippen LogP contribution in [0.4, 0.5) is 0 Å². The number of aliphatic carboxylic acids is 1. The molecule has 1 heterocycles. The Morgan fingerprint density at radius 3 is 2.32 bits per heavy atom. The van der Waals surface area contributed by atoms with Crippen molar-refractivity contribution in [1.82, 2.24) is 4.57 Å². The topological polar surface area (TPSA) is 99.8 Å². The van der Waals surface area contributed by atoms with E-state index >= 15 is 0 Å². The zero-order chi connectivity index (χ0) is 18.1. The Balaban J connectivity index is 2.23. The van der Waals surface area contributed by atoms with Gasteiger partial charge >= 0.3 is 11.9 Å². The highest BCUT2D eigenvalue weighted by Gasteiger charge is 2.21. The van der Waals surface area contributed by atoms with Crippen LogP contribution in [0.3, 0.4) is 0 Å². The van der Waals surface area contributed by atoms with Crippen LogP contribution in [0.5, 0.6) is 5.75 Å². The molecule has 0 aliphatic rings. The minimum atomic E-state index is -1.08. The molecule has 0 bridgehead atoms. The van der Waals surface area contributed by atoms with E-state index in [1.54, 1.807) is 43.3 Å². The fourth-order valence-electron chi connectivity index (χ4n) is 3.14. The maximum atomic E-state index is 11.6. The van der Waals surface area contributed by atoms with Gasteiger partial charge < -0.3 is 19.9 Å². The summed E-state index contributed by atoms with van der Waals surface area (Å²) in [5, 5.41) is 28.6. The summed E-state index contributed by atoms with van der Waals surface area (Å²) in [5.41, 5.74) is 2.93. The Labute approximate surface area is 143 Å². The summed E-state index contributed by atoms with van der Waals surface area (Å²) in [5.74, 6) is -1.93. The number of carboxylic acids is 2. The highest BCUT2D eigenvalue weighted by atomic mass is 16.4. The molecule has 0 aliphatic carbocycles. The van der Waals surface area contributed by atoms with Gasteiger partial charge in [0, 0.05) is 23.1 Å². The van der Waals surface area contributed by atoms with Crippen LogP contribution >= 0.6 is 0 Å². The van der Waals surface area contributed by atoms with Crippen LogP contribution in [0, 0.1) is 6.92 Å². The van der Waals surface area contributed by atoms with Crippen molar-refractivity contribution in [2.24, 2.45) is 0 Å². The van der Waals surface area contributed by atoms with Crippen LogP contribution in [-0.4, -0.2) is 31.8 Å². The zero-order valence-electron chi connectivity index (χ0n) is 13.6. The average molecular weight is 339 g/mol. The fourth-order valence-corrected chi connectivity index (χ4v) is 3.14. The number of phenolic OH excluding ortho intramolecular Hbond substituents is 1. The molecule has 0 unspecified atom stereocenters. The maximum absolute atomic E-state index is 11.6. The predicted molar refractivity (Wildman–Crippen MR) is 92.2 cm³/mol. The zero-order valence-corrected chi connectivity index (χ0v) is 13.6. The molecule has 128 valence electrons. The quantitative estimate of drug-likeness (QED) is 0.663. The molecule has 6 nitrogen and oxygen atoms in total. The molecular formula is C19H17NO5. The van der Waals surface area contributed by atoms with Gasteiger partial charge in [0.05, 0.1) is 12.0 Å². The lowest BCUT2D eigenvalue weighted by Gasteiger charge is -2.09. The van der Waals surface area contributed by atoms with E-state index in [9.17, 15) is 24.9 Å².